The second-order valence-electron chi connectivity index (χ2n) is 4.93. The Morgan fingerprint density at radius 2 is 1.50 bits per heavy atom. The molecule has 0 aliphatic rings. The minimum atomic E-state index is 0.0152. The Morgan fingerprint density at radius 1 is 0.950 bits per heavy atom. The Bertz CT molecular complexity index is 594. The van der Waals surface area contributed by atoms with E-state index in [9.17, 15) is 4.79 Å². The van der Waals surface area contributed by atoms with Gasteiger partial charge >= 0.3 is 0 Å². The summed E-state index contributed by atoms with van der Waals surface area (Å²) in [6.07, 6.45) is 3.28. The maximum absolute atomic E-state index is 11.9. The minimum Gasteiger partial charge on any atom is -0.387 e. The van der Waals surface area contributed by atoms with Crippen LogP contribution in [0.4, 0.5) is 0 Å². The van der Waals surface area contributed by atoms with Crippen molar-refractivity contribution in [1.29, 1.82) is 0 Å². The number of ketones is 1. The molecule has 20 heavy (non-hydrogen) atoms. The van der Waals surface area contributed by atoms with Crippen LogP contribution in [-0.4, -0.2) is 5.78 Å². The lowest BCUT2D eigenvalue weighted by Crippen LogP contribution is -2.05. The summed E-state index contributed by atoms with van der Waals surface area (Å²) in [6.45, 7) is 4.79. The Hall–Kier alpha value is -2.35. The molecule has 0 saturated carbocycles. The van der Waals surface area contributed by atoms with Crippen LogP contribution in [0.3, 0.4) is 0 Å². The smallest absolute Gasteiger partial charge is 0.187 e. The molecule has 102 valence electrons. The van der Waals surface area contributed by atoms with Gasteiger partial charge in [-0.25, -0.2) is 0 Å². The van der Waals surface area contributed by atoms with Gasteiger partial charge in [0.05, 0.1) is 0 Å². The van der Waals surface area contributed by atoms with Gasteiger partial charge in [-0.3, -0.25) is 4.79 Å². The summed E-state index contributed by atoms with van der Waals surface area (Å²) in [4.78, 5) is 11.9. The number of hydrogen-bond donors (Lipinski definition) is 1. The summed E-state index contributed by atoms with van der Waals surface area (Å²) in [5.74, 6) is 0.0152. The number of carbonyl (C=O) groups is 1. The third kappa shape index (κ3) is 4.09. The van der Waals surface area contributed by atoms with E-state index in [1.54, 1.807) is 12.3 Å². The van der Waals surface area contributed by atoms with E-state index in [4.69, 9.17) is 0 Å². The molecule has 2 nitrogen and oxygen atoms in total. The lowest BCUT2D eigenvalue weighted by molar-refractivity contribution is 0.104. The fourth-order valence-corrected chi connectivity index (χ4v) is 1.83. The largest absolute Gasteiger partial charge is 0.387 e. The Balaban J connectivity index is 1.85. The number of rotatable bonds is 5. The van der Waals surface area contributed by atoms with Crippen LogP contribution in [0.25, 0.3) is 0 Å². The summed E-state index contributed by atoms with van der Waals surface area (Å²) in [7, 11) is 0. The van der Waals surface area contributed by atoms with E-state index >= 15 is 0 Å². The van der Waals surface area contributed by atoms with E-state index in [0.29, 0.717) is 5.56 Å². The first kappa shape index (κ1) is 14.1. The first-order valence-corrected chi connectivity index (χ1v) is 6.71. The van der Waals surface area contributed by atoms with Crippen molar-refractivity contribution in [3.63, 3.8) is 0 Å². The predicted octanol–water partition coefficient (Wildman–Crippen LogP) is 3.79. The molecule has 0 aliphatic heterocycles. The maximum Gasteiger partial charge on any atom is 0.187 e. The van der Waals surface area contributed by atoms with E-state index in [1.165, 1.54) is 11.1 Å². The molecular weight excluding hydrogens is 246 g/mol. The number of carbonyl (C=O) groups excluding carboxylic acids is 1. The number of allylic oxidation sites excluding steroid dienone is 1. The van der Waals surface area contributed by atoms with Crippen molar-refractivity contribution in [3.8, 4) is 0 Å². The molecule has 0 saturated heterocycles. The van der Waals surface area contributed by atoms with E-state index in [1.807, 2.05) is 31.2 Å². The molecular formula is C18H19NO. The van der Waals surface area contributed by atoms with Crippen molar-refractivity contribution < 1.29 is 4.79 Å². The van der Waals surface area contributed by atoms with Gasteiger partial charge in [-0.15, -0.1) is 0 Å². The molecule has 2 rings (SSSR count). The van der Waals surface area contributed by atoms with E-state index < -0.39 is 0 Å². The van der Waals surface area contributed by atoms with Crippen molar-refractivity contribution in [2.45, 2.75) is 20.4 Å². The fourth-order valence-electron chi connectivity index (χ4n) is 1.83. The van der Waals surface area contributed by atoms with E-state index in [0.717, 1.165) is 12.1 Å². The van der Waals surface area contributed by atoms with E-state index in [2.05, 4.69) is 36.5 Å². The highest BCUT2D eigenvalue weighted by Crippen LogP contribution is 2.05. The molecule has 2 aromatic rings. The number of nitrogens with one attached hydrogen (secondary N) is 1. The number of hydrogen-bond acceptors (Lipinski definition) is 2. The molecule has 0 bridgehead atoms. The van der Waals surface area contributed by atoms with Gasteiger partial charge in [-0.05, 0) is 19.4 Å². The molecule has 0 unspecified atom stereocenters. The third-order valence-electron chi connectivity index (χ3n) is 3.12. The average Bonchev–Trinajstić information content (AvgIpc) is 2.46. The summed E-state index contributed by atoms with van der Waals surface area (Å²) >= 11 is 0. The molecule has 0 radical (unpaired) electrons. The molecule has 0 atom stereocenters. The van der Waals surface area contributed by atoms with Crippen LogP contribution in [0, 0.1) is 13.8 Å². The highest BCUT2D eigenvalue weighted by atomic mass is 16.1. The Kier molecular flexibility index (Phi) is 4.72. The molecule has 0 spiro atoms. The third-order valence-corrected chi connectivity index (χ3v) is 3.12. The molecule has 0 fully saturated rings. The topological polar surface area (TPSA) is 29.1 Å². The number of aryl methyl sites for hydroxylation is 2. The molecule has 0 aliphatic carbocycles. The highest BCUT2D eigenvalue weighted by Gasteiger charge is 1.99. The van der Waals surface area contributed by atoms with Gasteiger partial charge in [0.25, 0.3) is 0 Å². The van der Waals surface area contributed by atoms with Crippen LogP contribution in [0.5, 0.6) is 0 Å². The predicted molar refractivity (Wildman–Crippen MR) is 82.7 cm³/mol. The SMILES string of the molecule is Cc1ccc(CN/C=C/C(=O)c2ccc(C)cc2)cc1. The van der Waals surface area contributed by atoms with Gasteiger partial charge in [0.15, 0.2) is 5.78 Å². The molecule has 2 heteroatoms. The van der Waals surface area contributed by atoms with Crippen molar-refractivity contribution in [1.82, 2.24) is 5.32 Å². The summed E-state index contributed by atoms with van der Waals surface area (Å²) in [5, 5.41) is 3.13. The zero-order valence-electron chi connectivity index (χ0n) is 11.9. The average molecular weight is 265 g/mol. The first-order valence-electron chi connectivity index (χ1n) is 6.71. The summed E-state index contributed by atoms with van der Waals surface area (Å²) in [5.41, 5.74) is 4.31. The highest BCUT2D eigenvalue weighted by molar-refractivity contribution is 6.04. The normalized spacial score (nSPS) is 10.7. The minimum absolute atomic E-state index is 0.0152. The fraction of sp³-hybridized carbons (Fsp3) is 0.167. The van der Waals surface area contributed by atoms with Crippen molar-refractivity contribution >= 4 is 5.78 Å². The van der Waals surface area contributed by atoms with E-state index in [-0.39, 0.29) is 5.78 Å². The lowest BCUT2D eigenvalue weighted by Gasteiger charge is -2.02. The zero-order valence-corrected chi connectivity index (χ0v) is 11.9. The van der Waals surface area contributed by atoms with Crippen molar-refractivity contribution in [2.75, 3.05) is 0 Å². The summed E-state index contributed by atoms with van der Waals surface area (Å²) < 4.78 is 0. The molecule has 0 amide bonds. The van der Waals surface area contributed by atoms with Gasteiger partial charge in [0, 0.05) is 24.4 Å². The lowest BCUT2D eigenvalue weighted by atomic mass is 10.1. The van der Waals surface area contributed by atoms with Crippen LogP contribution in [-0.2, 0) is 6.54 Å². The Morgan fingerprint density at radius 3 is 2.10 bits per heavy atom. The molecule has 0 heterocycles. The quantitative estimate of drug-likeness (QED) is 0.658. The maximum atomic E-state index is 11.9. The standard InChI is InChI=1S/C18H19NO/c1-14-3-7-16(8-4-14)13-19-12-11-18(20)17-9-5-15(2)6-10-17/h3-12,19H,13H2,1-2H3/b12-11+. The van der Waals surface area contributed by atoms with Gasteiger partial charge in [-0.2, -0.15) is 0 Å². The van der Waals surface area contributed by atoms with Gasteiger partial charge < -0.3 is 5.32 Å². The molecule has 1 N–H and O–H groups in total. The van der Waals surface area contributed by atoms with Crippen LogP contribution < -0.4 is 5.32 Å². The molecule has 0 aromatic heterocycles. The van der Waals surface area contributed by atoms with Crippen LogP contribution in [0.15, 0.2) is 60.8 Å². The first-order chi connectivity index (χ1) is 9.65. The van der Waals surface area contributed by atoms with Crippen LogP contribution in [0.2, 0.25) is 0 Å². The second-order valence-corrected chi connectivity index (χ2v) is 4.93. The van der Waals surface area contributed by atoms with Crippen molar-refractivity contribution in [3.05, 3.63) is 83.1 Å². The van der Waals surface area contributed by atoms with Gasteiger partial charge in [0.1, 0.15) is 0 Å². The Labute approximate surface area is 120 Å². The van der Waals surface area contributed by atoms with Gasteiger partial charge in [0.2, 0.25) is 0 Å². The summed E-state index contributed by atoms with van der Waals surface area (Å²) in [6, 6.07) is 15.9. The van der Waals surface area contributed by atoms with Crippen LogP contribution >= 0.6 is 0 Å². The number of benzene rings is 2. The van der Waals surface area contributed by atoms with Crippen molar-refractivity contribution in [2.24, 2.45) is 0 Å². The molecule has 2 aromatic carbocycles. The van der Waals surface area contributed by atoms with Crippen LogP contribution in [0.1, 0.15) is 27.0 Å². The second kappa shape index (κ2) is 6.71. The monoisotopic (exact) mass is 265 g/mol. The zero-order chi connectivity index (χ0) is 14.4. The van der Waals surface area contributed by atoms with Gasteiger partial charge in [-0.1, -0.05) is 59.7 Å².